The number of hydrogen-bond donors (Lipinski definition) is 1. The normalized spacial score (nSPS) is 12.7. The third kappa shape index (κ3) is 6.09. The number of fused-ring (bicyclic) bond motifs is 1. The van der Waals surface area contributed by atoms with Gasteiger partial charge in [-0.15, -0.1) is 0 Å². The number of imide groups is 1. The first-order chi connectivity index (χ1) is 16.5. The van der Waals surface area contributed by atoms with E-state index in [0.717, 1.165) is 16.0 Å². The Morgan fingerprint density at radius 3 is 2.03 bits per heavy atom. The van der Waals surface area contributed by atoms with E-state index in [9.17, 15) is 19.2 Å². The predicted octanol–water partition coefficient (Wildman–Crippen LogP) is 6.26. The highest BCUT2D eigenvalue weighted by Gasteiger charge is 2.41. The van der Waals surface area contributed by atoms with Gasteiger partial charge in [0.2, 0.25) is 0 Å². The van der Waals surface area contributed by atoms with E-state index in [-0.39, 0.29) is 50.8 Å². The summed E-state index contributed by atoms with van der Waals surface area (Å²) >= 11 is 24.2. The molecule has 2 aromatic rings. The van der Waals surface area contributed by atoms with E-state index in [1.807, 2.05) is 26.0 Å². The monoisotopic (exact) mass is 558 g/mol. The minimum atomic E-state index is -0.593. The van der Waals surface area contributed by atoms with Crippen LogP contribution in [0.2, 0.25) is 20.1 Å². The molecule has 7 nitrogen and oxygen atoms in total. The van der Waals surface area contributed by atoms with Gasteiger partial charge in [-0.25, -0.2) is 0 Å². The molecule has 11 heteroatoms. The Balaban J connectivity index is 1.40. The summed E-state index contributed by atoms with van der Waals surface area (Å²) in [4.78, 5) is 50.3. The molecule has 0 aliphatic carbocycles. The molecule has 2 aromatic carbocycles. The highest BCUT2D eigenvalue weighted by molar-refractivity contribution is 6.55. The van der Waals surface area contributed by atoms with Crippen LogP contribution in [0.4, 0.5) is 5.69 Å². The number of unbranched alkanes of at least 4 members (excludes halogenated alkanes) is 2. The Hall–Kier alpha value is -2.32. The maximum atomic E-state index is 12.7. The van der Waals surface area contributed by atoms with Gasteiger partial charge in [0, 0.05) is 18.7 Å². The minimum Gasteiger partial charge on any atom is -0.456 e. The van der Waals surface area contributed by atoms with Crippen LogP contribution < -0.4 is 5.32 Å². The lowest BCUT2D eigenvalue weighted by Gasteiger charge is -2.13. The number of hydrogen-bond acceptors (Lipinski definition) is 5. The first-order valence-electron chi connectivity index (χ1n) is 10.8. The summed E-state index contributed by atoms with van der Waals surface area (Å²) in [5.74, 6) is -2.12. The second-order valence-electron chi connectivity index (χ2n) is 8.09. The summed E-state index contributed by atoms with van der Waals surface area (Å²) in [5, 5.41) is 2.30. The zero-order valence-corrected chi connectivity index (χ0v) is 22.0. The summed E-state index contributed by atoms with van der Waals surface area (Å²) in [6.45, 7) is 3.64. The van der Waals surface area contributed by atoms with Crippen LogP contribution in [0.15, 0.2) is 18.2 Å². The molecular weight excluding hydrogens is 538 g/mol. The van der Waals surface area contributed by atoms with E-state index in [2.05, 4.69) is 5.32 Å². The molecule has 3 amide bonds. The number of halogens is 4. The van der Waals surface area contributed by atoms with Gasteiger partial charge in [-0.1, -0.05) is 58.9 Å². The zero-order valence-electron chi connectivity index (χ0n) is 19.0. The van der Waals surface area contributed by atoms with Gasteiger partial charge in [0.1, 0.15) is 0 Å². The molecular formula is C24H22Cl4N2O5. The maximum Gasteiger partial charge on any atom is 0.306 e. The molecule has 3 rings (SSSR count). The lowest BCUT2D eigenvalue weighted by molar-refractivity contribution is -0.147. The average Bonchev–Trinajstić information content (AvgIpc) is 3.07. The van der Waals surface area contributed by atoms with E-state index in [1.165, 1.54) is 0 Å². The Bertz CT molecular complexity index is 1170. The molecule has 186 valence electrons. The maximum absolute atomic E-state index is 12.7. The number of esters is 1. The quantitative estimate of drug-likeness (QED) is 0.129. The predicted molar refractivity (Wildman–Crippen MR) is 136 cm³/mol. The SMILES string of the molecule is Cc1ccc(NC(=O)COC(=O)CCCCCN2C(=O)c3c(Cl)c(Cl)c(Cl)c(Cl)c3C2=O)cc1C. The van der Waals surface area contributed by atoms with Crippen molar-refractivity contribution in [2.75, 3.05) is 18.5 Å². The number of benzene rings is 2. The largest absolute Gasteiger partial charge is 0.456 e. The number of nitrogens with zero attached hydrogens (tertiary/aromatic N) is 1. The van der Waals surface area contributed by atoms with Crippen LogP contribution in [-0.2, 0) is 14.3 Å². The molecule has 0 saturated heterocycles. The molecule has 1 N–H and O–H groups in total. The van der Waals surface area contributed by atoms with Gasteiger partial charge < -0.3 is 10.1 Å². The molecule has 0 saturated carbocycles. The van der Waals surface area contributed by atoms with Crippen molar-refractivity contribution >= 4 is 75.8 Å². The number of carbonyl (C=O) groups excluding carboxylic acids is 4. The van der Waals surface area contributed by atoms with E-state index in [1.54, 1.807) is 6.07 Å². The Morgan fingerprint density at radius 2 is 1.46 bits per heavy atom. The van der Waals surface area contributed by atoms with Crippen LogP contribution in [0, 0.1) is 13.8 Å². The number of carbonyl (C=O) groups is 4. The van der Waals surface area contributed by atoms with Crippen LogP contribution in [0.1, 0.15) is 57.5 Å². The molecule has 0 fully saturated rings. The lowest BCUT2D eigenvalue weighted by Crippen LogP contribution is -2.30. The number of aryl methyl sites for hydroxylation is 2. The highest BCUT2D eigenvalue weighted by atomic mass is 35.5. The van der Waals surface area contributed by atoms with Crippen LogP contribution in [0.5, 0.6) is 0 Å². The third-order valence-electron chi connectivity index (χ3n) is 5.60. The number of rotatable bonds is 9. The molecule has 0 radical (unpaired) electrons. The van der Waals surface area contributed by atoms with Gasteiger partial charge in [-0.3, -0.25) is 24.1 Å². The molecule has 1 aliphatic heterocycles. The number of ether oxygens (including phenoxy) is 1. The fourth-order valence-electron chi connectivity index (χ4n) is 3.55. The Morgan fingerprint density at radius 1 is 0.857 bits per heavy atom. The van der Waals surface area contributed by atoms with Crippen molar-refractivity contribution < 1.29 is 23.9 Å². The van der Waals surface area contributed by atoms with Gasteiger partial charge in [0.15, 0.2) is 6.61 Å². The van der Waals surface area contributed by atoms with Crippen molar-refractivity contribution in [1.82, 2.24) is 4.90 Å². The average molecular weight is 560 g/mol. The van der Waals surface area contributed by atoms with Crippen molar-refractivity contribution in [2.45, 2.75) is 39.5 Å². The van der Waals surface area contributed by atoms with E-state index < -0.39 is 23.7 Å². The zero-order chi connectivity index (χ0) is 25.9. The second kappa shape index (κ2) is 11.6. The first-order valence-corrected chi connectivity index (χ1v) is 12.3. The lowest BCUT2D eigenvalue weighted by atomic mass is 10.1. The molecule has 0 atom stereocenters. The summed E-state index contributed by atoms with van der Waals surface area (Å²) in [6, 6.07) is 5.52. The molecule has 35 heavy (non-hydrogen) atoms. The molecule has 1 aliphatic rings. The summed E-state index contributed by atoms with van der Waals surface area (Å²) < 4.78 is 5.01. The van der Waals surface area contributed by atoms with Crippen molar-refractivity contribution in [3.05, 3.63) is 60.5 Å². The molecule has 1 heterocycles. The second-order valence-corrected chi connectivity index (χ2v) is 9.60. The van der Waals surface area contributed by atoms with Crippen molar-refractivity contribution in [3.63, 3.8) is 0 Å². The molecule has 0 spiro atoms. The number of nitrogens with one attached hydrogen (secondary N) is 1. The van der Waals surface area contributed by atoms with E-state index in [0.29, 0.717) is 24.9 Å². The smallest absolute Gasteiger partial charge is 0.306 e. The fourth-order valence-corrected chi connectivity index (χ4v) is 4.56. The van der Waals surface area contributed by atoms with E-state index >= 15 is 0 Å². The summed E-state index contributed by atoms with van der Waals surface area (Å²) in [6.07, 6.45) is 1.55. The van der Waals surface area contributed by atoms with Gasteiger partial charge in [0.25, 0.3) is 17.7 Å². The van der Waals surface area contributed by atoms with Crippen LogP contribution >= 0.6 is 46.4 Å². The van der Waals surface area contributed by atoms with Crippen molar-refractivity contribution in [3.8, 4) is 0 Å². The van der Waals surface area contributed by atoms with Gasteiger partial charge >= 0.3 is 5.97 Å². The number of amides is 3. The highest BCUT2D eigenvalue weighted by Crippen LogP contribution is 2.44. The fraction of sp³-hybridized carbons (Fsp3) is 0.333. The van der Waals surface area contributed by atoms with Crippen LogP contribution in [0.3, 0.4) is 0 Å². The Kier molecular flexibility index (Phi) is 9.05. The molecule has 0 unspecified atom stereocenters. The molecule has 0 aromatic heterocycles. The van der Waals surface area contributed by atoms with Crippen LogP contribution in [-0.4, -0.2) is 41.7 Å². The summed E-state index contributed by atoms with van der Waals surface area (Å²) in [5.41, 5.74) is 2.67. The third-order valence-corrected chi connectivity index (χ3v) is 7.40. The van der Waals surface area contributed by atoms with E-state index in [4.69, 9.17) is 51.1 Å². The van der Waals surface area contributed by atoms with Gasteiger partial charge in [-0.2, -0.15) is 0 Å². The van der Waals surface area contributed by atoms with Gasteiger partial charge in [0.05, 0.1) is 31.2 Å². The first kappa shape index (κ1) is 27.3. The standard InChI is InChI=1S/C24H22Cl4N2O5/c1-12-7-8-14(10-13(12)2)29-15(31)11-35-16(32)6-4-3-5-9-30-23(33)17-18(24(30)34)20(26)22(28)21(27)19(17)25/h7-8,10H,3-6,9,11H2,1-2H3,(H,29,31). The number of anilines is 1. The van der Waals surface area contributed by atoms with Crippen molar-refractivity contribution in [1.29, 1.82) is 0 Å². The van der Waals surface area contributed by atoms with Crippen molar-refractivity contribution in [2.24, 2.45) is 0 Å². The minimum absolute atomic E-state index is 0.0567. The topological polar surface area (TPSA) is 92.8 Å². The van der Waals surface area contributed by atoms with Crippen LogP contribution in [0.25, 0.3) is 0 Å². The molecule has 0 bridgehead atoms. The summed E-state index contributed by atoms with van der Waals surface area (Å²) in [7, 11) is 0. The Labute approximate surface area is 222 Å². The van der Waals surface area contributed by atoms with Gasteiger partial charge in [-0.05, 0) is 49.9 Å².